The number of nitrogens with zero attached hydrogens (tertiary/aromatic N) is 2. The zero-order chi connectivity index (χ0) is 12.0. The Hall–Kier alpha value is -2.08. The molecular weight excluding hydrogens is 203 g/mol. The predicted octanol–water partition coefficient (Wildman–Crippen LogP) is 2.88. The highest BCUT2D eigenvalue weighted by atomic mass is 19.1. The van der Waals surface area contributed by atoms with Crippen LogP contribution in [0.3, 0.4) is 0 Å². The van der Waals surface area contributed by atoms with Crippen molar-refractivity contribution in [2.75, 3.05) is 18.0 Å². The van der Waals surface area contributed by atoms with E-state index in [1.54, 1.807) is 24.3 Å². The second kappa shape index (κ2) is 5.72. The van der Waals surface area contributed by atoms with Crippen LogP contribution in [0.2, 0.25) is 0 Å². The van der Waals surface area contributed by atoms with Gasteiger partial charge in [0.05, 0.1) is 5.56 Å². The quantitative estimate of drug-likeness (QED) is 0.708. The average molecular weight is 216 g/mol. The van der Waals surface area contributed by atoms with Crippen molar-refractivity contribution in [2.24, 2.45) is 0 Å². The highest BCUT2D eigenvalue weighted by Gasteiger charge is 2.07. The molecule has 0 radical (unpaired) electrons. The number of nitriles is 1. The Bertz CT molecular complexity index is 422. The number of halogens is 1. The van der Waals surface area contributed by atoms with Crippen molar-refractivity contribution in [3.63, 3.8) is 0 Å². The van der Waals surface area contributed by atoms with E-state index in [-0.39, 0.29) is 5.56 Å². The minimum Gasteiger partial charge on any atom is -0.364 e. The van der Waals surface area contributed by atoms with Crippen LogP contribution in [0.15, 0.2) is 43.5 Å². The van der Waals surface area contributed by atoms with Gasteiger partial charge in [0, 0.05) is 18.8 Å². The summed E-state index contributed by atoms with van der Waals surface area (Å²) in [5.74, 6) is -0.502. The first-order valence-corrected chi connectivity index (χ1v) is 4.89. The van der Waals surface area contributed by atoms with Crippen LogP contribution in [0, 0.1) is 17.1 Å². The maximum absolute atomic E-state index is 13.4. The van der Waals surface area contributed by atoms with Crippen molar-refractivity contribution < 1.29 is 4.39 Å². The molecule has 0 spiro atoms. The number of hydrogen-bond donors (Lipinski definition) is 0. The molecule has 0 aliphatic heterocycles. The lowest BCUT2D eigenvalue weighted by atomic mass is 10.2. The molecule has 0 aliphatic carbocycles. The van der Waals surface area contributed by atoms with Gasteiger partial charge in [-0.3, -0.25) is 0 Å². The largest absolute Gasteiger partial charge is 0.364 e. The molecule has 0 amide bonds. The second-order valence-corrected chi connectivity index (χ2v) is 3.26. The topological polar surface area (TPSA) is 27.0 Å². The van der Waals surface area contributed by atoms with Gasteiger partial charge in [-0.2, -0.15) is 5.26 Å². The summed E-state index contributed by atoms with van der Waals surface area (Å²) in [5.41, 5.74) is 0.775. The Morgan fingerprint density at radius 2 is 1.94 bits per heavy atom. The molecule has 1 aromatic rings. The van der Waals surface area contributed by atoms with Gasteiger partial charge < -0.3 is 4.90 Å². The van der Waals surface area contributed by atoms with Gasteiger partial charge in [-0.05, 0) is 18.2 Å². The van der Waals surface area contributed by atoms with Crippen LogP contribution in [-0.2, 0) is 0 Å². The lowest BCUT2D eigenvalue weighted by Gasteiger charge is -2.21. The molecule has 0 bridgehead atoms. The van der Waals surface area contributed by atoms with Crippen molar-refractivity contribution in [1.29, 1.82) is 5.26 Å². The number of benzene rings is 1. The molecule has 0 saturated carbocycles. The van der Waals surface area contributed by atoms with E-state index in [1.807, 2.05) is 4.90 Å². The molecule has 0 unspecified atom stereocenters. The summed E-state index contributed by atoms with van der Waals surface area (Å²) in [6, 6.07) is 6.34. The van der Waals surface area contributed by atoms with Crippen molar-refractivity contribution in [3.05, 3.63) is 54.9 Å². The Morgan fingerprint density at radius 1 is 1.31 bits per heavy atom. The van der Waals surface area contributed by atoms with E-state index in [2.05, 4.69) is 13.2 Å². The van der Waals surface area contributed by atoms with E-state index in [1.165, 1.54) is 12.1 Å². The molecule has 1 rings (SSSR count). The molecular formula is C13H13FN2. The molecule has 0 heterocycles. The molecule has 0 N–H and O–H groups in total. The zero-order valence-corrected chi connectivity index (χ0v) is 8.99. The maximum atomic E-state index is 13.4. The smallest absolute Gasteiger partial charge is 0.143 e. The fourth-order valence-corrected chi connectivity index (χ4v) is 1.39. The van der Waals surface area contributed by atoms with Gasteiger partial charge in [0.25, 0.3) is 0 Å². The van der Waals surface area contributed by atoms with Crippen LogP contribution < -0.4 is 4.90 Å². The monoisotopic (exact) mass is 216 g/mol. The maximum Gasteiger partial charge on any atom is 0.143 e. The van der Waals surface area contributed by atoms with E-state index in [0.717, 1.165) is 5.69 Å². The fraction of sp³-hybridized carbons (Fsp3) is 0.154. The van der Waals surface area contributed by atoms with Crippen LogP contribution >= 0.6 is 0 Å². The third-order valence-electron chi connectivity index (χ3n) is 2.14. The SMILES string of the molecule is C=CCN(CC=C)c1ccc(C#N)c(F)c1. The van der Waals surface area contributed by atoms with Gasteiger partial charge >= 0.3 is 0 Å². The van der Waals surface area contributed by atoms with Gasteiger partial charge in [-0.1, -0.05) is 12.2 Å². The highest BCUT2D eigenvalue weighted by molar-refractivity contribution is 5.51. The molecule has 16 heavy (non-hydrogen) atoms. The molecule has 0 saturated heterocycles. The van der Waals surface area contributed by atoms with E-state index in [0.29, 0.717) is 13.1 Å². The highest BCUT2D eigenvalue weighted by Crippen LogP contribution is 2.18. The van der Waals surface area contributed by atoms with Gasteiger partial charge in [-0.25, -0.2) is 4.39 Å². The zero-order valence-electron chi connectivity index (χ0n) is 8.99. The van der Waals surface area contributed by atoms with Gasteiger partial charge in [0.2, 0.25) is 0 Å². The van der Waals surface area contributed by atoms with E-state index in [9.17, 15) is 4.39 Å². The average Bonchev–Trinajstić information content (AvgIpc) is 2.28. The van der Waals surface area contributed by atoms with Gasteiger partial charge in [0.15, 0.2) is 0 Å². The summed E-state index contributed by atoms with van der Waals surface area (Å²) in [6.07, 6.45) is 3.47. The third-order valence-corrected chi connectivity index (χ3v) is 2.14. The molecule has 2 nitrogen and oxygen atoms in total. The Kier molecular flexibility index (Phi) is 4.28. The van der Waals surface area contributed by atoms with Crippen molar-refractivity contribution in [1.82, 2.24) is 0 Å². The second-order valence-electron chi connectivity index (χ2n) is 3.26. The lowest BCUT2D eigenvalue weighted by Crippen LogP contribution is -2.23. The van der Waals surface area contributed by atoms with Crippen LogP contribution in [0.4, 0.5) is 10.1 Å². The van der Waals surface area contributed by atoms with Crippen LogP contribution in [0.5, 0.6) is 0 Å². The van der Waals surface area contributed by atoms with Crippen molar-refractivity contribution >= 4 is 5.69 Å². The summed E-state index contributed by atoms with van der Waals surface area (Å²) in [5, 5.41) is 8.62. The summed E-state index contributed by atoms with van der Waals surface area (Å²) < 4.78 is 13.4. The molecule has 0 aliphatic rings. The van der Waals surface area contributed by atoms with Crippen LogP contribution in [0.25, 0.3) is 0 Å². The predicted molar refractivity (Wildman–Crippen MR) is 63.7 cm³/mol. The van der Waals surface area contributed by atoms with Crippen molar-refractivity contribution in [2.45, 2.75) is 0 Å². The first-order valence-electron chi connectivity index (χ1n) is 4.89. The van der Waals surface area contributed by atoms with Gasteiger partial charge in [0.1, 0.15) is 11.9 Å². The number of anilines is 1. The van der Waals surface area contributed by atoms with Crippen LogP contribution in [0.1, 0.15) is 5.56 Å². The number of hydrogen-bond acceptors (Lipinski definition) is 2. The molecule has 1 aromatic carbocycles. The third kappa shape index (κ3) is 2.71. The molecule has 0 fully saturated rings. The van der Waals surface area contributed by atoms with Crippen molar-refractivity contribution in [3.8, 4) is 6.07 Å². The lowest BCUT2D eigenvalue weighted by molar-refractivity contribution is 0.623. The first kappa shape index (κ1) is 12.0. The normalized spacial score (nSPS) is 9.25. The molecule has 82 valence electrons. The number of rotatable bonds is 5. The summed E-state index contributed by atoms with van der Waals surface area (Å²) in [4.78, 5) is 1.91. The molecule has 0 atom stereocenters. The molecule has 3 heteroatoms. The molecule has 0 aromatic heterocycles. The van der Waals surface area contributed by atoms with E-state index >= 15 is 0 Å². The Labute approximate surface area is 94.9 Å². The van der Waals surface area contributed by atoms with E-state index < -0.39 is 5.82 Å². The fourth-order valence-electron chi connectivity index (χ4n) is 1.39. The first-order chi connectivity index (χ1) is 7.72. The van der Waals surface area contributed by atoms with Gasteiger partial charge in [-0.15, -0.1) is 13.2 Å². The summed E-state index contributed by atoms with van der Waals surface area (Å²) in [7, 11) is 0. The summed E-state index contributed by atoms with van der Waals surface area (Å²) >= 11 is 0. The van der Waals surface area contributed by atoms with E-state index in [4.69, 9.17) is 5.26 Å². The standard InChI is InChI=1S/C13H13FN2/c1-3-7-16(8-4-2)12-6-5-11(10-15)13(14)9-12/h3-6,9H,1-2,7-8H2. The van der Waals surface area contributed by atoms with Crippen LogP contribution in [-0.4, -0.2) is 13.1 Å². The Morgan fingerprint density at radius 3 is 2.38 bits per heavy atom. The summed E-state index contributed by atoms with van der Waals surface area (Å²) in [6.45, 7) is 8.50. The minimum absolute atomic E-state index is 0.0564. The Balaban J connectivity index is 3.01. The minimum atomic E-state index is -0.502.